The number of halogens is 1. The first-order valence-electron chi connectivity index (χ1n) is 6.24. The Morgan fingerprint density at radius 1 is 1.00 bits per heavy atom. The summed E-state index contributed by atoms with van der Waals surface area (Å²) in [4.78, 5) is 0.0113. The standard InChI is InChI=1S/C15H15FO3S/c16-13-6-4-9-15(12-13)20(17,18)11-5-10-19-14-7-2-1-3-8-14/h1-4,6-9,12H,5,10-11H2. The molecule has 3 nitrogen and oxygen atoms in total. The topological polar surface area (TPSA) is 43.4 Å². The van der Waals surface area contributed by atoms with Gasteiger partial charge in [0.1, 0.15) is 11.6 Å². The van der Waals surface area contributed by atoms with E-state index in [-0.39, 0.29) is 10.6 Å². The van der Waals surface area contributed by atoms with Gasteiger partial charge in [0.15, 0.2) is 9.84 Å². The second kappa shape index (κ2) is 6.52. The van der Waals surface area contributed by atoms with E-state index in [0.29, 0.717) is 18.8 Å². The van der Waals surface area contributed by atoms with Crippen molar-refractivity contribution in [2.24, 2.45) is 0 Å². The molecule has 5 heteroatoms. The molecule has 0 spiro atoms. The van der Waals surface area contributed by atoms with E-state index in [4.69, 9.17) is 4.74 Å². The van der Waals surface area contributed by atoms with Crippen LogP contribution in [0.2, 0.25) is 0 Å². The number of benzene rings is 2. The molecule has 0 atom stereocenters. The van der Waals surface area contributed by atoms with Gasteiger partial charge < -0.3 is 4.74 Å². The van der Waals surface area contributed by atoms with Gasteiger partial charge in [-0.2, -0.15) is 0 Å². The quantitative estimate of drug-likeness (QED) is 0.769. The van der Waals surface area contributed by atoms with Crippen LogP contribution in [-0.2, 0) is 9.84 Å². The highest BCUT2D eigenvalue weighted by Gasteiger charge is 2.14. The largest absolute Gasteiger partial charge is 0.494 e. The van der Waals surface area contributed by atoms with Crippen LogP contribution in [-0.4, -0.2) is 20.8 Å². The highest BCUT2D eigenvalue weighted by molar-refractivity contribution is 7.91. The van der Waals surface area contributed by atoms with Crippen molar-refractivity contribution in [3.63, 3.8) is 0 Å². The van der Waals surface area contributed by atoms with Crippen LogP contribution in [0.3, 0.4) is 0 Å². The number of hydrogen-bond donors (Lipinski definition) is 0. The molecule has 2 rings (SSSR count). The monoisotopic (exact) mass is 294 g/mol. The first-order valence-corrected chi connectivity index (χ1v) is 7.89. The van der Waals surface area contributed by atoms with Crippen molar-refractivity contribution in [2.75, 3.05) is 12.4 Å². The third-order valence-electron chi connectivity index (χ3n) is 2.72. The van der Waals surface area contributed by atoms with Crippen molar-refractivity contribution in [1.82, 2.24) is 0 Å². The lowest BCUT2D eigenvalue weighted by Gasteiger charge is -2.07. The lowest BCUT2D eigenvalue weighted by molar-refractivity contribution is 0.317. The molecule has 0 unspecified atom stereocenters. The van der Waals surface area contributed by atoms with Crippen molar-refractivity contribution in [3.05, 3.63) is 60.4 Å². The molecule has 2 aromatic carbocycles. The smallest absolute Gasteiger partial charge is 0.178 e. The summed E-state index contributed by atoms with van der Waals surface area (Å²) in [6.45, 7) is 0.304. The number of hydrogen-bond acceptors (Lipinski definition) is 3. The minimum atomic E-state index is -3.46. The van der Waals surface area contributed by atoms with E-state index in [2.05, 4.69) is 0 Å². The van der Waals surface area contributed by atoms with Crippen LogP contribution in [0.5, 0.6) is 5.75 Å². The van der Waals surface area contributed by atoms with Crippen LogP contribution in [0.4, 0.5) is 4.39 Å². The molecule has 0 amide bonds. The highest BCUT2D eigenvalue weighted by atomic mass is 32.2. The van der Waals surface area contributed by atoms with Crippen molar-refractivity contribution in [3.8, 4) is 5.75 Å². The Hall–Kier alpha value is -1.88. The molecule has 2 aromatic rings. The lowest BCUT2D eigenvalue weighted by atomic mass is 10.3. The van der Waals surface area contributed by atoms with Crippen LogP contribution in [0.1, 0.15) is 6.42 Å². The fourth-order valence-corrected chi connectivity index (χ4v) is 3.05. The molecule has 0 aliphatic rings. The SMILES string of the molecule is O=S(=O)(CCCOc1ccccc1)c1cccc(F)c1. The molecule has 106 valence electrons. The highest BCUT2D eigenvalue weighted by Crippen LogP contribution is 2.14. The van der Waals surface area contributed by atoms with E-state index in [1.165, 1.54) is 18.2 Å². The number of rotatable bonds is 6. The maximum Gasteiger partial charge on any atom is 0.178 e. The van der Waals surface area contributed by atoms with Gasteiger partial charge in [0.05, 0.1) is 17.3 Å². The van der Waals surface area contributed by atoms with Crippen LogP contribution in [0, 0.1) is 5.82 Å². The molecule has 0 aromatic heterocycles. The van der Waals surface area contributed by atoms with E-state index in [1.807, 2.05) is 18.2 Å². The third-order valence-corrected chi connectivity index (χ3v) is 4.52. The van der Waals surface area contributed by atoms with Gasteiger partial charge in [0.25, 0.3) is 0 Å². The first-order chi connectivity index (χ1) is 9.58. The zero-order valence-electron chi connectivity index (χ0n) is 10.8. The normalized spacial score (nSPS) is 11.2. The summed E-state index contributed by atoms with van der Waals surface area (Å²) >= 11 is 0. The summed E-state index contributed by atoms with van der Waals surface area (Å²) in [6.07, 6.45) is 0.355. The summed E-state index contributed by atoms with van der Waals surface area (Å²) in [6, 6.07) is 14.2. The Kier molecular flexibility index (Phi) is 4.74. The van der Waals surface area contributed by atoms with Gasteiger partial charge in [-0.15, -0.1) is 0 Å². The molecule has 0 fully saturated rings. The van der Waals surface area contributed by atoms with E-state index in [9.17, 15) is 12.8 Å². The van der Waals surface area contributed by atoms with E-state index >= 15 is 0 Å². The minimum Gasteiger partial charge on any atom is -0.494 e. The Balaban J connectivity index is 1.87. The second-order valence-electron chi connectivity index (χ2n) is 4.29. The number of para-hydroxylation sites is 1. The molecule has 20 heavy (non-hydrogen) atoms. The first kappa shape index (κ1) is 14.5. The molecular weight excluding hydrogens is 279 g/mol. The fraction of sp³-hybridized carbons (Fsp3) is 0.200. The zero-order chi connectivity index (χ0) is 14.4. The van der Waals surface area contributed by atoms with Gasteiger partial charge in [-0.3, -0.25) is 0 Å². The van der Waals surface area contributed by atoms with Gasteiger partial charge in [-0.25, -0.2) is 12.8 Å². The molecule has 0 heterocycles. The second-order valence-corrected chi connectivity index (χ2v) is 6.40. The molecule has 0 bridgehead atoms. The number of sulfone groups is 1. The Bertz CT molecular complexity index is 654. The molecule has 0 saturated carbocycles. The fourth-order valence-electron chi connectivity index (χ4n) is 1.73. The Morgan fingerprint density at radius 3 is 2.45 bits per heavy atom. The maximum absolute atomic E-state index is 13.0. The average molecular weight is 294 g/mol. The van der Waals surface area contributed by atoms with Crippen LogP contribution >= 0.6 is 0 Å². The summed E-state index contributed by atoms with van der Waals surface area (Å²) in [7, 11) is -3.46. The average Bonchev–Trinajstić information content (AvgIpc) is 2.45. The number of ether oxygens (including phenoxy) is 1. The lowest BCUT2D eigenvalue weighted by Crippen LogP contribution is -2.10. The molecule has 0 aliphatic carbocycles. The molecule has 0 aliphatic heterocycles. The molecular formula is C15H15FO3S. The summed E-state index contributed by atoms with van der Waals surface area (Å²) in [5.74, 6) is 0.0887. The minimum absolute atomic E-state index is 0.0113. The van der Waals surface area contributed by atoms with E-state index in [0.717, 1.165) is 6.07 Å². The Labute approximate surface area is 117 Å². The van der Waals surface area contributed by atoms with Gasteiger partial charge in [-0.05, 0) is 36.8 Å². The molecule has 0 N–H and O–H groups in total. The third kappa shape index (κ3) is 4.06. The van der Waals surface area contributed by atoms with Crippen LogP contribution in [0.25, 0.3) is 0 Å². The van der Waals surface area contributed by atoms with Gasteiger partial charge in [-0.1, -0.05) is 24.3 Å². The predicted molar refractivity (Wildman–Crippen MR) is 75.0 cm³/mol. The predicted octanol–water partition coefficient (Wildman–Crippen LogP) is 3.07. The van der Waals surface area contributed by atoms with Crippen molar-refractivity contribution < 1.29 is 17.5 Å². The molecule has 0 saturated heterocycles. The summed E-state index contributed by atoms with van der Waals surface area (Å²) in [5.41, 5.74) is 0. The Morgan fingerprint density at radius 2 is 1.75 bits per heavy atom. The van der Waals surface area contributed by atoms with E-state index in [1.54, 1.807) is 12.1 Å². The van der Waals surface area contributed by atoms with Gasteiger partial charge >= 0.3 is 0 Å². The van der Waals surface area contributed by atoms with Crippen molar-refractivity contribution >= 4 is 9.84 Å². The van der Waals surface area contributed by atoms with Gasteiger partial charge in [0.2, 0.25) is 0 Å². The maximum atomic E-state index is 13.0. The van der Waals surface area contributed by atoms with Crippen LogP contribution in [0.15, 0.2) is 59.5 Å². The zero-order valence-corrected chi connectivity index (χ0v) is 11.6. The molecule has 0 radical (unpaired) electrons. The van der Waals surface area contributed by atoms with Crippen LogP contribution < -0.4 is 4.74 Å². The summed E-state index contributed by atoms with van der Waals surface area (Å²) in [5, 5.41) is 0. The van der Waals surface area contributed by atoms with E-state index < -0.39 is 15.7 Å². The van der Waals surface area contributed by atoms with Crippen molar-refractivity contribution in [1.29, 1.82) is 0 Å². The van der Waals surface area contributed by atoms with Gasteiger partial charge in [0, 0.05) is 0 Å². The van der Waals surface area contributed by atoms with Crippen molar-refractivity contribution in [2.45, 2.75) is 11.3 Å². The summed E-state index contributed by atoms with van der Waals surface area (Å²) < 4.78 is 42.4.